The lowest BCUT2D eigenvalue weighted by molar-refractivity contribution is 0.331. The Labute approximate surface area is 168 Å². The topological polar surface area (TPSA) is 30.9 Å². The Kier molecular flexibility index (Phi) is 11.0. The number of unbranched alkanes of at least 4 members (excludes halogenated alkanes) is 1. The molecule has 0 amide bonds. The average molecular weight is 462 g/mol. The van der Waals surface area contributed by atoms with E-state index in [4.69, 9.17) is 4.99 Å². The molecule has 0 aromatic heterocycles. The minimum absolute atomic E-state index is 0. The first-order valence-corrected chi connectivity index (χ1v) is 9.15. The highest BCUT2D eigenvalue weighted by Crippen LogP contribution is 2.09. The number of nitrogens with zero attached hydrogens (tertiary/aromatic N) is 3. The van der Waals surface area contributed by atoms with Crippen molar-refractivity contribution >= 4 is 29.9 Å². The van der Waals surface area contributed by atoms with E-state index in [9.17, 15) is 4.39 Å². The van der Waals surface area contributed by atoms with E-state index in [1.54, 1.807) is 0 Å². The standard InChI is InChI=1S/C19H31FN4.HI/c1-3-21-19(22-12-4-5-13-24-14-6-7-15-24)23(2)16-17-8-10-18(20)11-9-17;/h8-11H,3-7,12-16H2,1-2H3,(H,21,22);1H. The van der Waals surface area contributed by atoms with Crippen LogP contribution in [0.5, 0.6) is 0 Å². The van der Waals surface area contributed by atoms with Gasteiger partial charge in [-0.05, 0) is 69.9 Å². The third-order valence-corrected chi connectivity index (χ3v) is 4.37. The molecule has 0 aliphatic carbocycles. The van der Waals surface area contributed by atoms with Gasteiger partial charge in [-0.25, -0.2) is 4.39 Å². The van der Waals surface area contributed by atoms with Gasteiger partial charge in [-0.15, -0.1) is 24.0 Å². The predicted octanol–water partition coefficient (Wildman–Crippen LogP) is 3.72. The smallest absolute Gasteiger partial charge is 0.193 e. The quantitative estimate of drug-likeness (QED) is 0.277. The molecule has 1 aromatic carbocycles. The first-order valence-electron chi connectivity index (χ1n) is 9.15. The maximum atomic E-state index is 13.0. The summed E-state index contributed by atoms with van der Waals surface area (Å²) < 4.78 is 13.0. The molecular weight excluding hydrogens is 430 g/mol. The molecule has 25 heavy (non-hydrogen) atoms. The highest BCUT2D eigenvalue weighted by atomic mass is 127. The van der Waals surface area contributed by atoms with Crippen molar-refractivity contribution in [2.75, 3.05) is 39.8 Å². The number of benzene rings is 1. The van der Waals surface area contributed by atoms with Gasteiger partial charge in [0.2, 0.25) is 0 Å². The second kappa shape index (κ2) is 12.5. The van der Waals surface area contributed by atoms with E-state index in [1.165, 1.54) is 51.0 Å². The molecule has 0 saturated carbocycles. The normalized spacial score (nSPS) is 15.1. The van der Waals surface area contributed by atoms with Crippen LogP contribution in [0.15, 0.2) is 29.3 Å². The lowest BCUT2D eigenvalue weighted by atomic mass is 10.2. The Morgan fingerprint density at radius 1 is 1.20 bits per heavy atom. The number of likely N-dealkylation sites (tertiary alicyclic amines) is 1. The predicted molar refractivity (Wildman–Crippen MR) is 114 cm³/mol. The van der Waals surface area contributed by atoms with Crippen LogP contribution >= 0.6 is 24.0 Å². The van der Waals surface area contributed by atoms with Crippen LogP contribution in [0.2, 0.25) is 0 Å². The second-order valence-corrected chi connectivity index (χ2v) is 6.47. The van der Waals surface area contributed by atoms with Gasteiger partial charge in [0.1, 0.15) is 5.82 Å². The van der Waals surface area contributed by atoms with E-state index in [0.29, 0.717) is 0 Å². The number of hydrogen-bond acceptors (Lipinski definition) is 2. The van der Waals surface area contributed by atoms with Gasteiger partial charge in [-0.1, -0.05) is 12.1 Å². The maximum absolute atomic E-state index is 13.0. The Morgan fingerprint density at radius 2 is 1.88 bits per heavy atom. The molecule has 0 bridgehead atoms. The van der Waals surface area contributed by atoms with Crippen LogP contribution in [0.4, 0.5) is 4.39 Å². The number of halogens is 2. The summed E-state index contributed by atoms with van der Waals surface area (Å²) in [7, 11) is 2.02. The van der Waals surface area contributed by atoms with Crippen molar-refractivity contribution in [3.05, 3.63) is 35.6 Å². The molecule has 1 aliphatic rings. The Morgan fingerprint density at radius 3 is 2.52 bits per heavy atom. The molecule has 1 aliphatic heterocycles. The zero-order chi connectivity index (χ0) is 17.2. The maximum Gasteiger partial charge on any atom is 0.193 e. The van der Waals surface area contributed by atoms with Gasteiger partial charge in [-0.3, -0.25) is 4.99 Å². The average Bonchev–Trinajstić information content (AvgIpc) is 3.09. The number of aliphatic imine (C=N–C) groups is 1. The highest BCUT2D eigenvalue weighted by molar-refractivity contribution is 14.0. The molecule has 1 fully saturated rings. The highest BCUT2D eigenvalue weighted by Gasteiger charge is 2.10. The molecular formula is C19H32FIN4. The molecule has 0 spiro atoms. The summed E-state index contributed by atoms with van der Waals surface area (Å²) in [5.74, 6) is 0.725. The molecule has 142 valence electrons. The molecule has 1 saturated heterocycles. The number of guanidine groups is 1. The lowest BCUT2D eigenvalue weighted by Crippen LogP contribution is -2.38. The van der Waals surface area contributed by atoms with Crippen molar-refractivity contribution in [2.45, 2.75) is 39.2 Å². The van der Waals surface area contributed by atoms with Crippen LogP contribution in [-0.4, -0.2) is 55.5 Å². The number of rotatable bonds is 8. The molecule has 1 aromatic rings. The third kappa shape index (κ3) is 8.35. The van der Waals surface area contributed by atoms with Gasteiger partial charge in [0, 0.05) is 26.7 Å². The monoisotopic (exact) mass is 462 g/mol. The Balaban J connectivity index is 0.00000312. The van der Waals surface area contributed by atoms with E-state index in [-0.39, 0.29) is 29.8 Å². The Hall–Kier alpha value is -0.890. The van der Waals surface area contributed by atoms with Crippen molar-refractivity contribution in [3.8, 4) is 0 Å². The number of nitrogens with one attached hydrogen (secondary N) is 1. The van der Waals surface area contributed by atoms with Crippen molar-refractivity contribution < 1.29 is 4.39 Å². The van der Waals surface area contributed by atoms with E-state index in [2.05, 4.69) is 22.0 Å². The van der Waals surface area contributed by atoms with Gasteiger partial charge in [0.25, 0.3) is 0 Å². The summed E-state index contributed by atoms with van der Waals surface area (Å²) in [6, 6.07) is 6.66. The molecule has 2 rings (SSSR count). The van der Waals surface area contributed by atoms with Crippen LogP contribution in [0.25, 0.3) is 0 Å². The first kappa shape index (κ1) is 22.2. The van der Waals surface area contributed by atoms with Gasteiger partial charge >= 0.3 is 0 Å². The molecule has 1 heterocycles. The zero-order valence-electron chi connectivity index (χ0n) is 15.5. The third-order valence-electron chi connectivity index (χ3n) is 4.37. The summed E-state index contributed by atoms with van der Waals surface area (Å²) in [6.07, 6.45) is 5.05. The molecule has 1 N–H and O–H groups in total. The fourth-order valence-corrected chi connectivity index (χ4v) is 3.05. The van der Waals surface area contributed by atoms with E-state index < -0.39 is 0 Å². The molecule has 6 heteroatoms. The molecule has 4 nitrogen and oxygen atoms in total. The summed E-state index contributed by atoms with van der Waals surface area (Å²) in [6.45, 7) is 8.24. The lowest BCUT2D eigenvalue weighted by Gasteiger charge is -2.22. The molecule has 0 radical (unpaired) electrons. The van der Waals surface area contributed by atoms with Gasteiger partial charge in [0.05, 0.1) is 0 Å². The molecule has 0 atom stereocenters. The fraction of sp³-hybridized carbons (Fsp3) is 0.632. The fourth-order valence-electron chi connectivity index (χ4n) is 3.05. The first-order chi connectivity index (χ1) is 11.7. The molecule has 0 unspecified atom stereocenters. The van der Waals surface area contributed by atoms with Crippen LogP contribution in [0.3, 0.4) is 0 Å². The van der Waals surface area contributed by atoms with Crippen LogP contribution in [0.1, 0.15) is 38.2 Å². The summed E-state index contributed by atoms with van der Waals surface area (Å²) in [5.41, 5.74) is 1.08. The van der Waals surface area contributed by atoms with Crippen molar-refractivity contribution in [1.82, 2.24) is 15.1 Å². The summed E-state index contributed by atoms with van der Waals surface area (Å²) in [5, 5.41) is 3.34. The van der Waals surface area contributed by atoms with Crippen molar-refractivity contribution in [3.63, 3.8) is 0 Å². The van der Waals surface area contributed by atoms with Crippen molar-refractivity contribution in [2.24, 2.45) is 4.99 Å². The minimum atomic E-state index is -0.194. The largest absolute Gasteiger partial charge is 0.357 e. The van der Waals surface area contributed by atoms with E-state index in [1.807, 2.05) is 19.2 Å². The van der Waals surface area contributed by atoms with Gasteiger partial charge < -0.3 is 15.1 Å². The summed E-state index contributed by atoms with van der Waals surface area (Å²) in [4.78, 5) is 9.38. The SMILES string of the molecule is CCNC(=NCCCCN1CCCC1)N(C)Cc1ccc(F)cc1.I. The van der Waals surface area contributed by atoms with Gasteiger partial charge in [-0.2, -0.15) is 0 Å². The Bertz CT molecular complexity index is 501. The second-order valence-electron chi connectivity index (χ2n) is 6.47. The summed E-state index contributed by atoms with van der Waals surface area (Å²) >= 11 is 0. The van der Waals surface area contributed by atoms with Crippen LogP contribution < -0.4 is 5.32 Å². The van der Waals surface area contributed by atoms with Crippen molar-refractivity contribution in [1.29, 1.82) is 0 Å². The van der Waals surface area contributed by atoms with E-state index >= 15 is 0 Å². The van der Waals surface area contributed by atoms with Crippen LogP contribution in [-0.2, 0) is 6.54 Å². The number of hydrogen-bond donors (Lipinski definition) is 1. The van der Waals surface area contributed by atoms with E-state index in [0.717, 1.165) is 37.6 Å². The zero-order valence-corrected chi connectivity index (χ0v) is 17.8. The van der Waals surface area contributed by atoms with Crippen LogP contribution in [0, 0.1) is 5.82 Å². The minimum Gasteiger partial charge on any atom is -0.357 e. The van der Waals surface area contributed by atoms with Gasteiger partial charge in [0.15, 0.2) is 5.96 Å².